The highest BCUT2D eigenvalue weighted by molar-refractivity contribution is 6.00. The van der Waals surface area contributed by atoms with Crippen molar-refractivity contribution in [2.24, 2.45) is 0 Å². The van der Waals surface area contributed by atoms with Gasteiger partial charge in [0.05, 0.1) is 18.3 Å². The first kappa shape index (κ1) is 14.3. The number of H-pyrrole nitrogens is 1. The highest BCUT2D eigenvalue weighted by Gasteiger charge is 2.17. The maximum Gasteiger partial charge on any atom is 0.166 e. The van der Waals surface area contributed by atoms with Gasteiger partial charge < -0.3 is 9.72 Å². The van der Waals surface area contributed by atoms with Crippen molar-refractivity contribution in [3.8, 4) is 16.9 Å². The Morgan fingerprint density at radius 1 is 1.23 bits per heavy atom. The third-order valence-corrected chi connectivity index (χ3v) is 3.85. The maximum absolute atomic E-state index is 14.5. The number of ether oxygens (including phenoxy) is 1. The molecule has 112 valence electrons. The molecule has 3 rings (SSSR count). The van der Waals surface area contributed by atoms with Gasteiger partial charge in [0.15, 0.2) is 6.29 Å². The molecule has 3 aromatic rings. The number of para-hydroxylation sites is 1. The standard InChI is InChI=1S/C18H16FNO2/c1-3-11-8-14(13-6-4-5-7-16(13)22-2)15-9-12(10-21)20-18(15)17(11)19/h4-10,20H,3H2,1-2H3. The number of halogens is 1. The number of nitrogens with one attached hydrogen (secondary N) is 1. The lowest BCUT2D eigenvalue weighted by molar-refractivity contribution is 0.112. The van der Waals surface area contributed by atoms with Crippen molar-refractivity contribution in [3.63, 3.8) is 0 Å². The first-order valence-electron chi connectivity index (χ1n) is 7.12. The van der Waals surface area contributed by atoms with E-state index in [9.17, 15) is 9.18 Å². The number of hydrogen-bond acceptors (Lipinski definition) is 2. The molecule has 0 aliphatic rings. The maximum atomic E-state index is 14.5. The summed E-state index contributed by atoms with van der Waals surface area (Å²) in [6.07, 6.45) is 1.26. The van der Waals surface area contributed by atoms with Crippen molar-refractivity contribution >= 4 is 17.2 Å². The molecule has 4 heteroatoms. The topological polar surface area (TPSA) is 42.1 Å². The summed E-state index contributed by atoms with van der Waals surface area (Å²) < 4.78 is 19.9. The van der Waals surface area contributed by atoms with Gasteiger partial charge in [-0.2, -0.15) is 0 Å². The van der Waals surface area contributed by atoms with Crippen molar-refractivity contribution in [2.45, 2.75) is 13.3 Å². The predicted molar refractivity (Wildman–Crippen MR) is 85.0 cm³/mol. The smallest absolute Gasteiger partial charge is 0.166 e. The van der Waals surface area contributed by atoms with Crippen LogP contribution in [-0.4, -0.2) is 18.4 Å². The summed E-state index contributed by atoms with van der Waals surface area (Å²) in [5, 5.41) is 0.682. The van der Waals surface area contributed by atoms with Crippen molar-refractivity contribution in [1.82, 2.24) is 4.98 Å². The average Bonchev–Trinajstić information content (AvgIpc) is 3.00. The number of methoxy groups -OCH3 is 1. The lowest BCUT2D eigenvalue weighted by Gasteiger charge is -2.12. The first-order valence-corrected chi connectivity index (χ1v) is 7.12. The van der Waals surface area contributed by atoms with Crippen LogP contribution in [0.5, 0.6) is 5.75 Å². The van der Waals surface area contributed by atoms with Gasteiger partial charge in [0.2, 0.25) is 0 Å². The van der Waals surface area contributed by atoms with Crippen LogP contribution in [0.3, 0.4) is 0 Å². The summed E-state index contributed by atoms with van der Waals surface area (Å²) in [4.78, 5) is 13.9. The second kappa shape index (κ2) is 5.64. The summed E-state index contributed by atoms with van der Waals surface area (Å²) in [5.74, 6) is 0.413. The zero-order valence-electron chi connectivity index (χ0n) is 12.4. The number of hydrogen-bond donors (Lipinski definition) is 1. The molecule has 0 aliphatic carbocycles. The van der Waals surface area contributed by atoms with Gasteiger partial charge in [0.25, 0.3) is 0 Å². The summed E-state index contributed by atoms with van der Waals surface area (Å²) >= 11 is 0. The summed E-state index contributed by atoms with van der Waals surface area (Å²) in [7, 11) is 1.61. The fourth-order valence-corrected chi connectivity index (χ4v) is 2.75. The van der Waals surface area contributed by atoms with E-state index in [2.05, 4.69) is 4.98 Å². The van der Waals surface area contributed by atoms with Gasteiger partial charge in [-0.3, -0.25) is 4.79 Å². The van der Waals surface area contributed by atoms with Crippen molar-refractivity contribution in [3.05, 3.63) is 53.5 Å². The van der Waals surface area contributed by atoms with Crippen LogP contribution < -0.4 is 4.74 Å². The van der Waals surface area contributed by atoms with Gasteiger partial charge in [-0.25, -0.2) is 4.39 Å². The Morgan fingerprint density at radius 3 is 2.68 bits per heavy atom. The lowest BCUT2D eigenvalue weighted by atomic mass is 9.96. The molecule has 1 heterocycles. The quantitative estimate of drug-likeness (QED) is 0.727. The third-order valence-electron chi connectivity index (χ3n) is 3.85. The Morgan fingerprint density at radius 2 is 2.00 bits per heavy atom. The molecule has 22 heavy (non-hydrogen) atoms. The zero-order chi connectivity index (χ0) is 15.7. The van der Waals surface area contributed by atoms with Crippen molar-refractivity contribution in [2.75, 3.05) is 7.11 Å². The second-order valence-corrected chi connectivity index (χ2v) is 5.08. The largest absolute Gasteiger partial charge is 0.496 e. The van der Waals surface area contributed by atoms with Crippen molar-refractivity contribution in [1.29, 1.82) is 0 Å². The average molecular weight is 297 g/mol. The monoisotopic (exact) mass is 297 g/mol. The number of carbonyl (C=O) groups is 1. The van der Waals surface area contributed by atoms with E-state index in [0.717, 1.165) is 11.1 Å². The van der Waals surface area contributed by atoms with Crippen molar-refractivity contribution < 1.29 is 13.9 Å². The normalized spacial score (nSPS) is 10.9. The van der Waals surface area contributed by atoms with Gasteiger partial charge in [-0.05, 0) is 35.7 Å². The molecule has 0 spiro atoms. The van der Waals surface area contributed by atoms with E-state index in [-0.39, 0.29) is 5.82 Å². The minimum Gasteiger partial charge on any atom is -0.496 e. The number of fused-ring (bicyclic) bond motifs is 1. The molecule has 0 unspecified atom stereocenters. The van der Waals surface area contributed by atoms with E-state index in [0.29, 0.717) is 40.6 Å². The van der Waals surface area contributed by atoms with Crippen LogP contribution in [0.4, 0.5) is 4.39 Å². The van der Waals surface area contributed by atoms with Crippen LogP contribution in [0.15, 0.2) is 36.4 Å². The van der Waals surface area contributed by atoms with Crippen LogP contribution in [0, 0.1) is 5.82 Å². The van der Waals surface area contributed by atoms with Gasteiger partial charge in [0.1, 0.15) is 11.6 Å². The number of aryl methyl sites for hydroxylation is 1. The minimum atomic E-state index is -0.302. The molecular formula is C18H16FNO2. The molecule has 0 aliphatic heterocycles. The Hall–Kier alpha value is -2.62. The van der Waals surface area contributed by atoms with Gasteiger partial charge in [-0.1, -0.05) is 25.1 Å². The Bertz CT molecular complexity index is 852. The molecule has 2 aromatic carbocycles. The summed E-state index contributed by atoms with van der Waals surface area (Å²) in [6.45, 7) is 1.90. The van der Waals surface area contributed by atoms with Gasteiger partial charge in [-0.15, -0.1) is 0 Å². The first-order chi connectivity index (χ1) is 10.7. The SMILES string of the molecule is CCc1cc(-c2ccccc2OC)c2cc(C=O)[nH]c2c1F. The van der Waals surface area contributed by atoms with E-state index in [1.165, 1.54) is 0 Å². The molecule has 0 bridgehead atoms. The number of aromatic amines is 1. The van der Waals surface area contributed by atoms with Crippen LogP contribution >= 0.6 is 0 Å². The van der Waals surface area contributed by atoms with Gasteiger partial charge in [0, 0.05) is 10.9 Å². The van der Waals surface area contributed by atoms with E-state index < -0.39 is 0 Å². The number of benzene rings is 2. The van der Waals surface area contributed by atoms with Gasteiger partial charge >= 0.3 is 0 Å². The van der Waals surface area contributed by atoms with E-state index in [4.69, 9.17) is 4.74 Å². The highest BCUT2D eigenvalue weighted by Crippen LogP contribution is 2.37. The Labute approximate surface area is 127 Å². The third kappa shape index (κ3) is 2.17. The molecule has 0 saturated carbocycles. The zero-order valence-corrected chi connectivity index (χ0v) is 12.4. The lowest BCUT2D eigenvalue weighted by Crippen LogP contribution is -1.94. The molecule has 1 aromatic heterocycles. The van der Waals surface area contributed by atoms with Crippen LogP contribution in [0.1, 0.15) is 23.0 Å². The van der Waals surface area contributed by atoms with E-state index in [1.807, 2.05) is 37.3 Å². The molecular weight excluding hydrogens is 281 g/mol. The molecule has 0 radical (unpaired) electrons. The second-order valence-electron chi connectivity index (χ2n) is 5.08. The minimum absolute atomic E-state index is 0.302. The Kier molecular flexibility index (Phi) is 3.67. The summed E-state index contributed by atoms with van der Waals surface area (Å²) in [5.41, 5.74) is 3.06. The fourth-order valence-electron chi connectivity index (χ4n) is 2.75. The number of rotatable bonds is 4. The Balaban J connectivity index is 2.39. The summed E-state index contributed by atoms with van der Waals surface area (Å²) in [6, 6.07) is 11.1. The van der Waals surface area contributed by atoms with Crippen LogP contribution in [0.25, 0.3) is 22.0 Å². The number of aldehydes is 1. The molecule has 1 N–H and O–H groups in total. The molecule has 0 atom stereocenters. The van der Waals surface area contributed by atoms with Crippen LogP contribution in [0.2, 0.25) is 0 Å². The molecule has 3 nitrogen and oxygen atoms in total. The number of aromatic nitrogens is 1. The molecule has 0 amide bonds. The predicted octanol–water partition coefficient (Wildman–Crippen LogP) is 4.36. The highest BCUT2D eigenvalue weighted by atomic mass is 19.1. The molecule has 0 saturated heterocycles. The van der Waals surface area contributed by atoms with E-state index >= 15 is 0 Å². The molecule has 0 fully saturated rings. The van der Waals surface area contributed by atoms with E-state index in [1.54, 1.807) is 13.2 Å². The fraction of sp³-hybridized carbons (Fsp3) is 0.167. The number of carbonyl (C=O) groups excluding carboxylic acids is 1. The van der Waals surface area contributed by atoms with Crippen LogP contribution in [-0.2, 0) is 6.42 Å².